The summed E-state index contributed by atoms with van der Waals surface area (Å²) in [6, 6.07) is 15.0. The zero-order chi connectivity index (χ0) is 14.4. The van der Waals surface area contributed by atoms with Crippen molar-refractivity contribution < 1.29 is 14.6 Å². The lowest BCUT2D eigenvalue weighted by atomic mass is 10.1. The molecule has 2 aromatic carbocycles. The number of carboxylic acids is 1. The predicted molar refractivity (Wildman–Crippen MR) is 76.4 cm³/mol. The number of aliphatic carboxylic acids is 1. The summed E-state index contributed by atoms with van der Waals surface area (Å²) in [7, 11) is 0. The SMILES string of the molecule is NCc1cccc(OCc2ccccc2CC(=O)O)c1. The van der Waals surface area contributed by atoms with Crippen molar-refractivity contribution in [2.75, 3.05) is 0 Å². The summed E-state index contributed by atoms with van der Waals surface area (Å²) in [6.45, 7) is 0.810. The minimum absolute atomic E-state index is 0.00235. The number of carboxylic acid groups (broad SMARTS) is 1. The summed E-state index contributed by atoms with van der Waals surface area (Å²) in [6.07, 6.45) is 0.00235. The maximum atomic E-state index is 10.8. The molecular weight excluding hydrogens is 254 g/mol. The Hall–Kier alpha value is -2.33. The van der Waals surface area contributed by atoms with Gasteiger partial charge in [-0.1, -0.05) is 36.4 Å². The van der Waals surface area contributed by atoms with Crippen LogP contribution in [0.4, 0.5) is 0 Å². The molecule has 20 heavy (non-hydrogen) atoms. The minimum Gasteiger partial charge on any atom is -0.489 e. The fourth-order valence-corrected chi connectivity index (χ4v) is 1.96. The molecule has 0 saturated heterocycles. The van der Waals surface area contributed by atoms with Gasteiger partial charge in [-0.15, -0.1) is 0 Å². The average Bonchev–Trinajstić information content (AvgIpc) is 2.46. The monoisotopic (exact) mass is 271 g/mol. The Kier molecular flexibility index (Phi) is 4.74. The fourth-order valence-electron chi connectivity index (χ4n) is 1.96. The van der Waals surface area contributed by atoms with Crippen LogP contribution >= 0.6 is 0 Å². The molecule has 0 aromatic heterocycles. The first kappa shape index (κ1) is 14.1. The maximum absolute atomic E-state index is 10.8. The second-order valence-corrected chi connectivity index (χ2v) is 4.48. The smallest absolute Gasteiger partial charge is 0.307 e. The highest BCUT2D eigenvalue weighted by Crippen LogP contribution is 2.17. The molecule has 0 aliphatic carbocycles. The first-order valence-electron chi connectivity index (χ1n) is 6.39. The van der Waals surface area contributed by atoms with Crippen LogP contribution in [0, 0.1) is 0 Å². The van der Waals surface area contributed by atoms with Gasteiger partial charge in [0.15, 0.2) is 0 Å². The topological polar surface area (TPSA) is 72.5 Å². The van der Waals surface area contributed by atoms with E-state index in [1.807, 2.05) is 48.5 Å². The molecular formula is C16H17NO3. The molecule has 0 radical (unpaired) electrons. The van der Waals surface area contributed by atoms with E-state index in [-0.39, 0.29) is 6.42 Å². The Morgan fingerprint density at radius 2 is 1.85 bits per heavy atom. The van der Waals surface area contributed by atoms with Gasteiger partial charge in [0, 0.05) is 6.54 Å². The van der Waals surface area contributed by atoms with Gasteiger partial charge >= 0.3 is 5.97 Å². The van der Waals surface area contributed by atoms with E-state index in [4.69, 9.17) is 15.6 Å². The van der Waals surface area contributed by atoms with Crippen molar-refractivity contribution in [3.63, 3.8) is 0 Å². The van der Waals surface area contributed by atoms with Crippen molar-refractivity contribution >= 4 is 5.97 Å². The molecule has 4 heteroatoms. The predicted octanol–water partition coefficient (Wildman–Crippen LogP) is 2.35. The van der Waals surface area contributed by atoms with Crippen LogP contribution in [0.2, 0.25) is 0 Å². The summed E-state index contributed by atoms with van der Waals surface area (Å²) < 4.78 is 5.71. The maximum Gasteiger partial charge on any atom is 0.307 e. The standard InChI is InChI=1S/C16H17NO3/c17-10-12-4-3-7-15(8-12)20-11-14-6-2-1-5-13(14)9-16(18)19/h1-8H,9-11,17H2,(H,18,19). The number of nitrogens with two attached hydrogens (primary N) is 1. The fraction of sp³-hybridized carbons (Fsp3) is 0.188. The van der Waals surface area contributed by atoms with Gasteiger partial charge in [-0.05, 0) is 28.8 Å². The molecule has 0 unspecified atom stereocenters. The Balaban J connectivity index is 2.08. The van der Waals surface area contributed by atoms with Gasteiger partial charge in [-0.3, -0.25) is 4.79 Å². The molecule has 0 bridgehead atoms. The lowest BCUT2D eigenvalue weighted by Crippen LogP contribution is -2.06. The van der Waals surface area contributed by atoms with E-state index in [9.17, 15) is 4.79 Å². The van der Waals surface area contributed by atoms with Crippen LogP contribution in [0.1, 0.15) is 16.7 Å². The molecule has 0 spiro atoms. The molecule has 4 nitrogen and oxygen atoms in total. The van der Waals surface area contributed by atoms with E-state index >= 15 is 0 Å². The third-order valence-corrected chi connectivity index (χ3v) is 2.99. The third-order valence-electron chi connectivity index (χ3n) is 2.99. The molecule has 0 aliphatic rings. The van der Waals surface area contributed by atoms with Crippen molar-refractivity contribution in [1.29, 1.82) is 0 Å². The lowest BCUT2D eigenvalue weighted by molar-refractivity contribution is -0.136. The molecule has 2 aromatic rings. The van der Waals surface area contributed by atoms with Crippen molar-refractivity contribution in [1.82, 2.24) is 0 Å². The van der Waals surface area contributed by atoms with E-state index in [2.05, 4.69) is 0 Å². The average molecular weight is 271 g/mol. The van der Waals surface area contributed by atoms with Crippen LogP contribution in [0.5, 0.6) is 5.75 Å². The van der Waals surface area contributed by atoms with E-state index in [0.717, 1.165) is 22.4 Å². The Labute approximate surface area is 117 Å². The van der Waals surface area contributed by atoms with Crippen molar-refractivity contribution in [2.45, 2.75) is 19.6 Å². The van der Waals surface area contributed by atoms with Gasteiger partial charge in [0.25, 0.3) is 0 Å². The quantitative estimate of drug-likeness (QED) is 0.846. The summed E-state index contributed by atoms with van der Waals surface area (Å²) in [5, 5.41) is 8.89. The second kappa shape index (κ2) is 6.73. The first-order chi connectivity index (χ1) is 9.69. The summed E-state index contributed by atoms with van der Waals surface area (Å²) in [4.78, 5) is 10.8. The number of hydrogen-bond acceptors (Lipinski definition) is 3. The molecule has 104 valence electrons. The zero-order valence-electron chi connectivity index (χ0n) is 11.1. The highest BCUT2D eigenvalue weighted by Gasteiger charge is 2.07. The van der Waals surface area contributed by atoms with Gasteiger partial charge in [-0.25, -0.2) is 0 Å². The van der Waals surface area contributed by atoms with Crippen molar-refractivity contribution in [3.8, 4) is 5.75 Å². The van der Waals surface area contributed by atoms with E-state index < -0.39 is 5.97 Å². The highest BCUT2D eigenvalue weighted by molar-refractivity contribution is 5.70. The molecule has 0 aliphatic heterocycles. The van der Waals surface area contributed by atoms with Crippen LogP contribution in [-0.4, -0.2) is 11.1 Å². The van der Waals surface area contributed by atoms with Gasteiger partial charge in [0.1, 0.15) is 12.4 Å². The molecule has 0 fully saturated rings. The third kappa shape index (κ3) is 3.83. The van der Waals surface area contributed by atoms with Gasteiger partial charge in [0.05, 0.1) is 6.42 Å². The van der Waals surface area contributed by atoms with Crippen molar-refractivity contribution in [3.05, 3.63) is 65.2 Å². The Bertz CT molecular complexity index is 596. The highest BCUT2D eigenvalue weighted by atomic mass is 16.5. The van der Waals surface area contributed by atoms with E-state index in [1.165, 1.54) is 0 Å². The number of benzene rings is 2. The molecule has 2 rings (SSSR count). The first-order valence-corrected chi connectivity index (χ1v) is 6.39. The lowest BCUT2D eigenvalue weighted by Gasteiger charge is -2.10. The molecule has 0 amide bonds. The van der Waals surface area contributed by atoms with Crippen LogP contribution in [-0.2, 0) is 24.4 Å². The Morgan fingerprint density at radius 3 is 2.55 bits per heavy atom. The molecule has 0 atom stereocenters. The minimum atomic E-state index is -0.845. The van der Waals surface area contributed by atoms with E-state index in [0.29, 0.717) is 13.2 Å². The van der Waals surface area contributed by atoms with Gasteiger partial charge in [0.2, 0.25) is 0 Å². The molecule has 3 N–H and O–H groups in total. The van der Waals surface area contributed by atoms with Gasteiger partial charge < -0.3 is 15.6 Å². The molecule has 0 saturated carbocycles. The van der Waals surface area contributed by atoms with Crippen LogP contribution in [0.15, 0.2) is 48.5 Å². The normalized spacial score (nSPS) is 10.2. The van der Waals surface area contributed by atoms with Gasteiger partial charge in [-0.2, -0.15) is 0 Å². The summed E-state index contributed by atoms with van der Waals surface area (Å²) in [5.41, 5.74) is 8.24. The Morgan fingerprint density at radius 1 is 1.10 bits per heavy atom. The largest absolute Gasteiger partial charge is 0.489 e. The van der Waals surface area contributed by atoms with Crippen LogP contribution in [0.25, 0.3) is 0 Å². The van der Waals surface area contributed by atoms with Crippen molar-refractivity contribution in [2.24, 2.45) is 5.73 Å². The zero-order valence-corrected chi connectivity index (χ0v) is 11.1. The van der Waals surface area contributed by atoms with Crippen LogP contribution < -0.4 is 10.5 Å². The summed E-state index contributed by atoms with van der Waals surface area (Å²) in [5.74, 6) is -0.111. The summed E-state index contributed by atoms with van der Waals surface area (Å²) >= 11 is 0. The van der Waals surface area contributed by atoms with Crippen LogP contribution in [0.3, 0.4) is 0 Å². The molecule has 0 heterocycles. The van der Waals surface area contributed by atoms with E-state index in [1.54, 1.807) is 0 Å². The number of rotatable bonds is 6. The second-order valence-electron chi connectivity index (χ2n) is 4.48. The number of ether oxygens (including phenoxy) is 1. The number of hydrogen-bond donors (Lipinski definition) is 2. The number of carbonyl (C=O) groups is 1.